The molecule has 2 heterocycles. The fourth-order valence-electron chi connectivity index (χ4n) is 2.92. The second kappa shape index (κ2) is 7.41. The van der Waals surface area contributed by atoms with E-state index in [1.807, 2.05) is 23.5 Å². The third kappa shape index (κ3) is 3.66. The molecule has 0 aromatic carbocycles. The van der Waals surface area contributed by atoms with E-state index in [1.54, 1.807) is 0 Å². The number of thioether (sulfide) groups is 2. The van der Waals surface area contributed by atoms with Gasteiger partial charge in [0.05, 0.1) is 12.2 Å². The minimum atomic E-state index is 0.0219. The van der Waals surface area contributed by atoms with Gasteiger partial charge in [0.15, 0.2) is 0 Å². The van der Waals surface area contributed by atoms with Gasteiger partial charge in [0.1, 0.15) is 0 Å². The normalized spacial score (nSPS) is 33.0. The van der Waals surface area contributed by atoms with Gasteiger partial charge in [-0.2, -0.15) is 23.5 Å². The molecule has 0 aromatic heterocycles. The molecule has 2 fully saturated rings. The summed E-state index contributed by atoms with van der Waals surface area (Å²) < 4.78 is 0. The van der Waals surface area contributed by atoms with E-state index in [1.165, 1.54) is 17.3 Å². The summed E-state index contributed by atoms with van der Waals surface area (Å²) in [7, 11) is 0. The number of amides is 1. The largest absolute Gasteiger partial charge is 0.324 e. The van der Waals surface area contributed by atoms with Crippen LogP contribution in [0.5, 0.6) is 0 Å². The molecule has 116 valence electrons. The van der Waals surface area contributed by atoms with Crippen molar-refractivity contribution in [3.05, 3.63) is 0 Å². The molecule has 5 heteroatoms. The molecule has 0 aromatic rings. The minimum Gasteiger partial charge on any atom is -0.324 e. The summed E-state index contributed by atoms with van der Waals surface area (Å²) in [6.45, 7) is 9.68. The molecule has 2 aliphatic heterocycles. The van der Waals surface area contributed by atoms with Crippen LogP contribution in [-0.2, 0) is 4.79 Å². The highest BCUT2D eigenvalue weighted by atomic mass is 32.2. The van der Waals surface area contributed by atoms with Gasteiger partial charge in [0, 0.05) is 29.1 Å². The SMILES string of the molecule is CCC(C)C1NC(C(C)C)N(CC2CSCCS2)C1=O. The van der Waals surface area contributed by atoms with E-state index >= 15 is 0 Å². The van der Waals surface area contributed by atoms with Crippen molar-refractivity contribution in [2.24, 2.45) is 11.8 Å². The quantitative estimate of drug-likeness (QED) is 0.845. The highest BCUT2D eigenvalue weighted by Gasteiger charge is 2.42. The number of rotatable bonds is 5. The molecule has 3 nitrogen and oxygen atoms in total. The first-order valence-corrected chi connectivity index (χ1v) is 10.0. The predicted molar refractivity (Wildman–Crippen MR) is 90.3 cm³/mol. The first-order chi connectivity index (χ1) is 9.54. The summed E-state index contributed by atoms with van der Waals surface area (Å²) in [5, 5.41) is 4.20. The molecule has 20 heavy (non-hydrogen) atoms. The lowest BCUT2D eigenvalue weighted by Gasteiger charge is -2.31. The number of nitrogens with one attached hydrogen (secondary N) is 1. The number of nitrogens with zero attached hydrogens (tertiary/aromatic N) is 1. The topological polar surface area (TPSA) is 32.3 Å². The monoisotopic (exact) mass is 316 g/mol. The molecule has 4 unspecified atom stereocenters. The van der Waals surface area contributed by atoms with Crippen molar-refractivity contribution >= 4 is 29.4 Å². The van der Waals surface area contributed by atoms with Crippen LogP contribution in [0.25, 0.3) is 0 Å². The molecular weight excluding hydrogens is 288 g/mol. The number of carbonyl (C=O) groups excluding carboxylic acids is 1. The zero-order chi connectivity index (χ0) is 14.7. The van der Waals surface area contributed by atoms with Crippen LogP contribution in [0.15, 0.2) is 0 Å². The van der Waals surface area contributed by atoms with Crippen molar-refractivity contribution in [2.75, 3.05) is 23.8 Å². The maximum Gasteiger partial charge on any atom is 0.241 e. The Morgan fingerprint density at radius 3 is 2.65 bits per heavy atom. The number of hydrogen-bond acceptors (Lipinski definition) is 4. The lowest BCUT2D eigenvalue weighted by Crippen LogP contribution is -2.45. The lowest BCUT2D eigenvalue weighted by molar-refractivity contribution is -0.131. The minimum absolute atomic E-state index is 0.0219. The number of hydrogen-bond donors (Lipinski definition) is 1. The standard InChI is InChI=1S/C15H28N2OS2/c1-5-11(4)13-15(18)17(14(16-13)10(2)3)8-12-9-19-6-7-20-12/h10-14,16H,5-9H2,1-4H3. The van der Waals surface area contributed by atoms with E-state index in [0.29, 0.717) is 23.0 Å². The van der Waals surface area contributed by atoms with Crippen LogP contribution in [0.4, 0.5) is 0 Å². The predicted octanol–water partition coefficient (Wildman–Crippen LogP) is 2.66. The Morgan fingerprint density at radius 2 is 2.10 bits per heavy atom. The maximum absolute atomic E-state index is 12.7. The summed E-state index contributed by atoms with van der Waals surface area (Å²) in [4.78, 5) is 14.9. The molecule has 2 aliphatic rings. The van der Waals surface area contributed by atoms with E-state index in [0.717, 1.165) is 13.0 Å². The lowest BCUT2D eigenvalue weighted by atomic mass is 9.99. The molecule has 1 N–H and O–H groups in total. The van der Waals surface area contributed by atoms with E-state index < -0.39 is 0 Å². The average molecular weight is 317 g/mol. The Bertz CT molecular complexity index is 332. The van der Waals surface area contributed by atoms with Gasteiger partial charge in [0.25, 0.3) is 0 Å². The van der Waals surface area contributed by atoms with E-state index in [4.69, 9.17) is 0 Å². The van der Waals surface area contributed by atoms with Crippen molar-refractivity contribution in [2.45, 2.75) is 51.6 Å². The maximum atomic E-state index is 12.7. The van der Waals surface area contributed by atoms with Crippen LogP contribution < -0.4 is 5.32 Å². The van der Waals surface area contributed by atoms with Gasteiger partial charge in [-0.25, -0.2) is 0 Å². The fourth-order valence-corrected chi connectivity index (χ4v) is 5.59. The summed E-state index contributed by atoms with van der Waals surface area (Å²) in [5.74, 6) is 4.89. The second-order valence-corrected chi connectivity index (χ2v) is 8.84. The third-order valence-corrected chi connectivity index (χ3v) is 7.19. The van der Waals surface area contributed by atoms with Crippen molar-refractivity contribution in [3.8, 4) is 0 Å². The van der Waals surface area contributed by atoms with Crippen LogP contribution in [-0.4, -0.2) is 52.1 Å². The van der Waals surface area contributed by atoms with E-state index in [-0.39, 0.29) is 12.2 Å². The molecule has 4 atom stereocenters. The van der Waals surface area contributed by atoms with Crippen molar-refractivity contribution in [1.82, 2.24) is 10.2 Å². The summed E-state index contributed by atoms with van der Waals surface area (Å²) >= 11 is 4.07. The van der Waals surface area contributed by atoms with Crippen LogP contribution in [0.2, 0.25) is 0 Å². The molecular formula is C15H28N2OS2. The number of carbonyl (C=O) groups is 1. The van der Waals surface area contributed by atoms with Crippen molar-refractivity contribution in [3.63, 3.8) is 0 Å². The van der Waals surface area contributed by atoms with Crippen LogP contribution >= 0.6 is 23.5 Å². The molecule has 2 saturated heterocycles. The van der Waals surface area contributed by atoms with E-state index in [9.17, 15) is 4.79 Å². The molecule has 1 amide bonds. The molecule has 0 saturated carbocycles. The summed E-state index contributed by atoms with van der Waals surface area (Å²) in [6.07, 6.45) is 1.27. The fraction of sp³-hybridized carbons (Fsp3) is 0.933. The summed E-state index contributed by atoms with van der Waals surface area (Å²) in [6, 6.07) is 0.0219. The van der Waals surface area contributed by atoms with Crippen molar-refractivity contribution < 1.29 is 4.79 Å². The summed E-state index contributed by atoms with van der Waals surface area (Å²) in [5.41, 5.74) is 0. The molecule has 0 aliphatic carbocycles. The van der Waals surface area contributed by atoms with Gasteiger partial charge in [-0.15, -0.1) is 0 Å². The smallest absolute Gasteiger partial charge is 0.241 e. The Kier molecular flexibility index (Phi) is 6.11. The van der Waals surface area contributed by atoms with E-state index in [2.05, 4.69) is 37.9 Å². The van der Waals surface area contributed by atoms with Gasteiger partial charge in [0.2, 0.25) is 5.91 Å². The van der Waals surface area contributed by atoms with Gasteiger partial charge in [-0.1, -0.05) is 34.1 Å². The Labute approximate surface area is 132 Å². The van der Waals surface area contributed by atoms with Gasteiger partial charge in [-0.3, -0.25) is 10.1 Å². The van der Waals surface area contributed by atoms with Crippen LogP contribution in [0.3, 0.4) is 0 Å². The van der Waals surface area contributed by atoms with Gasteiger partial charge < -0.3 is 4.90 Å². The molecule has 0 bridgehead atoms. The molecule has 2 rings (SSSR count). The van der Waals surface area contributed by atoms with Gasteiger partial charge in [-0.05, 0) is 11.8 Å². The highest BCUT2D eigenvalue weighted by Crippen LogP contribution is 2.29. The van der Waals surface area contributed by atoms with Crippen LogP contribution in [0, 0.1) is 11.8 Å². The van der Waals surface area contributed by atoms with Crippen LogP contribution in [0.1, 0.15) is 34.1 Å². The average Bonchev–Trinajstić information content (AvgIpc) is 2.77. The second-order valence-electron chi connectivity index (χ2n) is 6.28. The van der Waals surface area contributed by atoms with Crippen molar-refractivity contribution in [1.29, 1.82) is 0 Å². The third-order valence-electron chi connectivity index (χ3n) is 4.36. The molecule has 0 radical (unpaired) electrons. The van der Waals surface area contributed by atoms with Gasteiger partial charge >= 0.3 is 0 Å². The Hall–Kier alpha value is 0.130. The molecule has 0 spiro atoms. The zero-order valence-corrected chi connectivity index (χ0v) is 14.7. The first-order valence-electron chi connectivity index (χ1n) is 7.80. The highest BCUT2D eigenvalue weighted by molar-refractivity contribution is 8.06. The first kappa shape index (κ1) is 16.5. The Morgan fingerprint density at radius 1 is 1.35 bits per heavy atom. The zero-order valence-electron chi connectivity index (χ0n) is 13.1. The Balaban J connectivity index is 2.04.